The molecule has 0 bridgehead atoms. The number of carbonyl (C=O) groups excluding carboxylic acids is 1. The van der Waals surface area contributed by atoms with Crippen LogP contribution in [0.2, 0.25) is 0 Å². The first-order chi connectivity index (χ1) is 11.6. The van der Waals surface area contributed by atoms with Crippen LogP contribution in [0.3, 0.4) is 0 Å². The van der Waals surface area contributed by atoms with Gasteiger partial charge in [0.15, 0.2) is 6.10 Å². The van der Waals surface area contributed by atoms with Gasteiger partial charge in [-0.1, -0.05) is 17.3 Å². The Balaban J connectivity index is 1.57. The van der Waals surface area contributed by atoms with E-state index in [1.807, 2.05) is 12.1 Å². The molecule has 2 heterocycles. The Morgan fingerprint density at radius 2 is 2.29 bits per heavy atom. The quantitative estimate of drug-likeness (QED) is 0.900. The lowest BCUT2D eigenvalue weighted by molar-refractivity contribution is -0.137. The molecule has 2 aromatic rings. The smallest absolute Gasteiger partial charge is 0.257 e. The fourth-order valence-electron chi connectivity index (χ4n) is 3.34. The van der Waals surface area contributed by atoms with Crippen molar-refractivity contribution in [3.63, 3.8) is 0 Å². The van der Waals surface area contributed by atoms with Gasteiger partial charge in [-0.05, 0) is 30.0 Å². The van der Waals surface area contributed by atoms with Crippen molar-refractivity contribution in [1.82, 2.24) is 15.0 Å². The predicted molar refractivity (Wildman–Crippen MR) is 85.9 cm³/mol. The first-order valence-electron chi connectivity index (χ1n) is 8.21. The maximum absolute atomic E-state index is 11.5. The third-order valence-electron chi connectivity index (χ3n) is 4.76. The first kappa shape index (κ1) is 15.3. The van der Waals surface area contributed by atoms with Crippen molar-refractivity contribution in [3.8, 4) is 11.4 Å². The fraction of sp³-hybridized carbons (Fsp3) is 0.471. The molecule has 1 fully saturated rings. The highest BCUT2D eigenvalue weighted by atomic mass is 16.5. The molecule has 24 heavy (non-hydrogen) atoms. The van der Waals surface area contributed by atoms with Gasteiger partial charge >= 0.3 is 0 Å². The number of rotatable bonds is 2. The monoisotopic (exact) mass is 328 g/mol. The van der Waals surface area contributed by atoms with Crippen LogP contribution in [0.15, 0.2) is 22.7 Å². The number of nitrogens with two attached hydrogens (primary N) is 1. The van der Waals surface area contributed by atoms with Crippen molar-refractivity contribution >= 4 is 5.91 Å². The minimum atomic E-state index is -0.374. The summed E-state index contributed by atoms with van der Waals surface area (Å²) in [6.45, 7) is 3.05. The number of aromatic nitrogens is 2. The van der Waals surface area contributed by atoms with E-state index in [-0.39, 0.29) is 18.1 Å². The number of carbonyl (C=O) groups is 1. The van der Waals surface area contributed by atoms with Crippen LogP contribution < -0.4 is 5.73 Å². The molecule has 2 aliphatic rings. The highest BCUT2D eigenvalue weighted by Crippen LogP contribution is 2.32. The molecule has 7 heteroatoms. The highest BCUT2D eigenvalue weighted by Gasteiger charge is 2.28. The molecular formula is C17H20N4O3. The first-order valence-corrected chi connectivity index (χ1v) is 8.21. The topological polar surface area (TPSA) is 94.5 Å². The van der Waals surface area contributed by atoms with Gasteiger partial charge in [0.25, 0.3) is 5.89 Å². The molecule has 1 aliphatic carbocycles. The molecule has 1 amide bonds. The molecule has 2 N–H and O–H groups in total. The number of fused-ring (bicyclic) bond motifs is 1. The van der Waals surface area contributed by atoms with E-state index in [2.05, 4.69) is 16.2 Å². The zero-order valence-corrected chi connectivity index (χ0v) is 13.6. The summed E-state index contributed by atoms with van der Waals surface area (Å²) in [6, 6.07) is 6.21. The van der Waals surface area contributed by atoms with Crippen LogP contribution in [-0.2, 0) is 16.0 Å². The second-order valence-corrected chi connectivity index (χ2v) is 6.34. The van der Waals surface area contributed by atoms with Crippen molar-refractivity contribution in [3.05, 3.63) is 35.2 Å². The lowest BCUT2D eigenvalue weighted by atomic mass is 10.0. The summed E-state index contributed by atoms with van der Waals surface area (Å²) in [7, 11) is 0. The average molecular weight is 328 g/mol. The standard InChI is InChI=1S/C17H20N4O3/c1-10(22)21-6-7-23-15(9-21)17-19-16(20-24-17)12-3-2-11-4-5-14(18)13(11)8-12/h2-3,8,14-15H,4-7,9,18H2,1H3. The summed E-state index contributed by atoms with van der Waals surface area (Å²) in [5, 5.41) is 4.07. The number of aryl methyl sites for hydroxylation is 1. The van der Waals surface area contributed by atoms with Gasteiger partial charge in [-0.15, -0.1) is 0 Å². The zero-order chi connectivity index (χ0) is 16.7. The van der Waals surface area contributed by atoms with Crippen LogP contribution in [0.25, 0.3) is 11.4 Å². The SMILES string of the molecule is CC(=O)N1CCOC(c2nc(-c3ccc4c(c3)C(N)CC4)no2)C1. The number of hydrogen-bond donors (Lipinski definition) is 1. The number of morpholine rings is 1. The zero-order valence-electron chi connectivity index (χ0n) is 13.6. The minimum absolute atomic E-state index is 0.0237. The van der Waals surface area contributed by atoms with E-state index in [1.54, 1.807) is 11.8 Å². The van der Waals surface area contributed by atoms with E-state index >= 15 is 0 Å². The van der Waals surface area contributed by atoms with Crippen LogP contribution in [0, 0.1) is 0 Å². The second kappa shape index (κ2) is 5.99. The van der Waals surface area contributed by atoms with Crippen LogP contribution in [-0.4, -0.2) is 40.6 Å². The van der Waals surface area contributed by atoms with E-state index in [4.69, 9.17) is 15.0 Å². The number of amides is 1. The van der Waals surface area contributed by atoms with E-state index in [1.165, 1.54) is 5.56 Å². The molecule has 0 spiro atoms. The van der Waals surface area contributed by atoms with Crippen LogP contribution >= 0.6 is 0 Å². The average Bonchev–Trinajstić information content (AvgIpc) is 3.22. The maximum atomic E-state index is 11.5. The molecule has 2 atom stereocenters. The van der Waals surface area contributed by atoms with Gasteiger partial charge in [-0.2, -0.15) is 4.98 Å². The maximum Gasteiger partial charge on any atom is 0.257 e. The van der Waals surface area contributed by atoms with Crippen molar-refractivity contribution in [2.75, 3.05) is 19.7 Å². The van der Waals surface area contributed by atoms with Gasteiger partial charge in [0.2, 0.25) is 11.7 Å². The molecule has 1 saturated heterocycles. The third-order valence-corrected chi connectivity index (χ3v) is 4.76. The Morgan fingerprint density at radius 1 is 1.42 bits per heavy atom. The van der Waals surface area contributed by atoms with Gasteiger partial charge < -0.3 is 19.9 Å². The molecular weight excluding hydrogens is 308 g/mol. The molecule has 1 aromatic heterocycles. The molecule has 0 saturated carbocycles. The summed E-state index contributed by atoms with van der Waals surface area (Å²) in [4.78, 5) is 17.7. The molecule has 1 aromatic carbocycles. The van der Waals surface area contributed by atoms with Gasteiger partial charge in [-0.25, -0.2) is 0 Å². The summed E-state index contributed by atoms with van der Waals surface area (Å²) < 4.78 is 11.1. The van der Waals surface area contributed by atoms with Crippen LogP contribution in [0.5, 0.6) is 0 Å². The third kappa shape index (κ3) is 2.70. The Kier molecular flexibility index (Phi) is 3.82. The van der Waals surface area contributed by atoms with Gasteiger partial charge in [0, 0.05) is 25.1 Å². The van der Waals surface area contributed by atoms with Crippen molar-refractivity contribution in [2.24, 2.45) is 5.73 Å². The van der Waals surface area contributed by atoms with Crippen molar-refractivity contribution in [1.29, 1.82) is 0 Å². The molecule has 1 aliphatic heterocycles. The predicted octanol–water partition coefficient (Wildman–Crippen LogP) is 1.60. The van der Waals surface area contributed by atoms with Crippen molar-refractivity contribution in [2.45, 2.75) is 31.9 Å². The Morgan fingerprint density at radius 3 is 3.12 bits per heavy atom. The Labute approximate surface area is 139 Å². The number of hydrogen-bond acceptors (Lipinski definition) is 6. The van der Waals surface area contributed by atoms with Crippen molar-refractivity contribution < 1.29 is 14.1 Å². The molecule has 4 rings (SSSR count). The molecule has 2 unspecified atom stereocenters. The van der Waals surface area contributed by atoms with Gasteiger partial charge in [0.1, 0.15) is 0 Å². The highest BCUT2D eigenvalue weighted by molar-refractivity contribution is 5.73. The second-order valence-electron chi connectivity index (χ2n) is 6.34. The molecule has 126 valence electrons. The van der Waals surface area contributed by atoms with Crippen LogP contribution in [0.1, 0.15) is 42.5 Å². The lowest BCUT2D eigenvalue weighted by Gasteiger charge is -2.30. The van der Waals surface area contributed by atoms with E-state index < -0.39 is 0 Å². The van der Waals surface area contributed by atoms with Gasteiger partial charge in [-0.3, -0.25) is 4.79 Å². The minimum Gasteiger partial charge on any atom is -0.365 e. The van der Waals surface area contributed by atoms with E-state index in [9.17, 15) is 4.79 Å². The summed E-state index contributed by atoms with van der Waals surface area (Å²) in [5.41, 5.74) is 9.48. The molecule has 7 nitrogen and oxygen atoms in total. The number of ether oxygens (including phenoxy) is 1. The summed E-state index contributed by atoms with van der Waals surface area (Å²) >= 11 is 0. The number of benzene rings is 1. The van der Waals surface area contributed by atoms with E-state index in [0.717, 1.165) is 24.0 Å². The number of nitrogens with zero attached hydrogens (tertiary/aromatic N) is 3. The fourth-order valence-corrected chi connectivity index (χ4v) is 3.34. The normalized spacial score (nSPS) is 23.3. The largest absolute Gasteiger partial charge is 0.365 e. The Bertz CT molecular complexity index is 773. The lowest BCUT2D eigenvalue weighted by Crippen LogP contribution is -2.41. The molecule has 0 radical (unpaired) electrons. The summed E-state index contributed by atoms with van der Waals surface area (Å²) in [5.74, 6) is 0.951. The van der Waals surface area contributed by atoms with Gasteiger partial charge in [0.05, 0.1) is 13.2 Å². The van der Waals surface area contributed by atoms with E-state index in [0.29, 0.717) is 31.4 Å². The Hall–Kier alpha value is -2.25. The summed E-state index contributed by atoms with van der Waals surface area (Å²) in [6.07, 6.45) is 1.62. The van der Waals surface area contributed by atoms with Crippen LogP contribution in [0.4, 0.5) is 0 Å².